The number of alkyl halides is 2. The van der Waals surface area contributed by atoms with E-state index in [2.05, 4.69) is 53.5 Å². The molecule has 6 rings (SSSR count). The smallest absolute Gasteiger partial charge is 0.387 e. The third-order valence-corrected chi connectivity index (χ3v) is 10.4. The number of amides is 2. The summed E-state index contributed by atoms with van der Waals surface area (Å²) in [6.45, 7) is 1.12. The number of hydrogen-bond acceptors (Lipinski definition) is 9. The number of carbonyl (C=O) groups is 2. The number of aryl methyl sites for hydroxylation is 1. The molecule has 0 spiro atoms. The molecule has 46 heavy (non-hydrogen) atoms. The standard InChI is InChI=1S/C31H38F2N8O4S/c1-39-26-17-21(3-4-24(26)28(38-39)25-5-6-27(42)37-29(25)43)20-7-12-40(13-8-20)11-2-16-46(44)41-14-9-22(10-15-41)36-31-34-18-23(19-35-31)45-30(32)33/h3-4,7,17-19,22,25,30H,2,5-6,8-16H2,1H3,(H,34,35,36)(H,37,42,43). The van der Waals surface area contributed by atoms with Crippen LogP contribution in [-0.4, -0.2) is 96.1 Å². The summed E-state index contributed by atoms with van der Waals surface area (Å²) in [7, 11) is 0.841. The van der Waals surface area contributed by atoms with Crippen LogP contribution >= 0.6 is 0 Å². The molecule has 2 fully saturated rings. The van der Waals surface area contributed by atoms with Crippen molar-refractivity contribution in [2.75, 3.05) is 43.8 Å². The zero-order valence-corrected chi connectivity index (χ0v) is 26.5. The Morgan fingerprint density at radius 3 is 2.59 bits per heavy atom. The number of anilines is 1. The van der Waals surface area contributed by atoms with Gasteiger partial charge in [0.1, 0.15) is 0 Å². The van der Waals surface area contributed by atoms with Crippen LogP contribution in [0.1, 0.15) is 55.7 Å². The molecule has 2 saturated heterocycles. The number of carbonyl (C=O) groups excluding carboxylic acids is 2. The summed E-state index contributed by atoms with van der Waals surface area (Å²) in [6, 6.07) is 6.39. The lowest BCUT2D eigenvalue weighted by Gasteiger charge is -2.31. The second kappa shape index (κ2) is 14.3. The van der Waals surface area contributed by atoms with Crippen LogP contribution < -0.4 is 15.4 Å². The summed E-state index contributed by atoms with van der Waals surface area (Å²) >= 11 is 0. The van der Waals surface area contributed by atoms with Crippen LogP contribution in [0.4, 0.5) is 14.7 Å². The quantitative estimate of drug-likeness (QED) is 0.299. The Morgan fingerprint density at radius 2 is 1.89 bits per heavy atom. The first-order valence-corrected chi connectivity index (χ1v) is 16.9. The van der Waals surface area contributed by atoms with E-state index in [9.17, 15) is 22.6 Å². The number of fused-ring (bicyclic) bond motifs is 1. The first-order chi connectivity index (χ1) is 22.2. The van der Waals surface area contributed by atoms with Crippen molar-refractivity contribution in [1.82, 2.24) is 34.3 Å². The normalized spacial score (nSPS) is 21.0. The molecular formula is C31H38F2N8O4S. The number of nitrogens with one attached hydrogen (secondary N) is 2. The Labute approximate surface area is 268 Å². The number of aromatic nitrogens is 4. The van der Waals surface area contributed by atoms with Crippen molar-refractivity contribution in [1.29, 1.82) is 0 Å². The Morgan fingerprint density at radius 1 is 1.11 bits per heavy atom. The van der Waals surface area contributed by atoms with Gasteiger partial charge in [0.15, 0.2) is 5.75 Å². The van der Waals surface area contributed by atoms with Gasteiger partial charge in [-0.3, -0.25) is 24.5 Å². The molecule has 2 aromatic heterocycles. The number of piperidine rings is 2. The minimum atomic E-state index is -2.91. The van der Waals surface area contributed by atoms with Gasteiger partial charge in [0, 0.05) is 56.8 Å². The van der Waals surface area contributed by atoms with Gasteiger partial charge in [-0.1, -0.05) is 18.2 Å². The average molecular weight is 657 g/mol. The lowest BCUT2D eigenvalue weighted by molar-refractivity contribution is -0.134. The van der Waals surface area contributed by atoms with Crippen LogP contribution in [-0.2, 0) is 27.6 Å². The largest absolute Gasteiger partial charge is 0.432 e. The number of halogens is 2. The minimum absolute atomic E-state index is 0.0853. The number of hydrogen-bond donors (Lipinski definition) is 2. The fraction of sp³-hybridized carbons (Fsp3) is 0.516. The van der Waals surface area contributed by atoms with Gasteiger partial charge in [0.2, 0.25) is 17.8 Å². The van der Waals surface area contributed by atoms with Crippen LogP contribution in [0.5, 0.6) is 5.75 Å². The van der Waals surface area contributed by atoms with Gasteiger partial charge in [-0.25, -0.2) is 18.5 Å². The molecule has 2 atom stereocenters. The molecule has 246 valence electrons. The number of rotatable bonds is 11. The molecule has 0 saturated carbocycles. The first-order valence-electron chi connectivity index (χ1n) is 15.6. The average Bonchev–Trinajstić information content (AvgIpc) is 3.37. The Kier molecular flexibility index (Phi) is 9.99. The van der Waals surface area contributed by atoms with E-state index in [1.54, 1.807) is 0 Å². The molecule has 0 radical (unpaired) electrons. The highest BCUT2D eigenvalue weighted by atomic mass is 32.2. The van der Waals surface area contributed by atoms with Crippen LogP contribution in [0.3, 0.4) is 0 Å². The van der Waals surface area contributed by atoms with Gasteiger partial charge >= 0.3 is 6.61 Å². The zero-order chi connectivity index (χ0) is 32.2. The molecule has 1 aromatic carbocycles. The van der Waals surface area contributed by atoms with Gasteiger partial charge in [-0.2, -0.15) is 13.9 Å². The molecule has 3 aromatic rings. The predicted octanol–water partition coefficient (Wildman–Crippen LogP) is 3.20. The fourth-order valence-electron chi connectivity index (χ4n) is 6.35. The van der Waals surface area contributed by atoms with E-state index in [0.717, 1.165) is 67.5 Å². The molecule has 15 heteroatoms. The molecule has 2 amide bonds. The first kappa shape index (κ1) is 32.1. The van der Waals surface area contributed by atoms with E-state index in [1.165, 1.54) is 18.0 Å². The molecule has 2 unspecified atom stereocenters. The second-order valence-electron chi connectivity index (χ2n) is 11.9. The lowest BCUT2D eigenvalue weighted by atomic mass is 9.92. The highest BCUT2D eigenvalue weighted by Gasteiger charge is 2.32. The Bertz CT molecular complexity index is 1620. The monoisotopic (exact) mass is 656 g/mol. The highest BCUT2D eigenvalue weighted by Crippen LogP contribution is 2.33. The summed E-state index contributed by atoms with van der Waals surface area (Å²) in [5, 5.41) is 11.3. The molecule has 12 nitrogen and oxygen atoms in total. The molecule has 3 aliphatic rings. The predicted molar refractivity (Wildman–Crippen MR) is 169 cm³/mol. The van der Waals surface area contributed by atoms with Gasteiger partial charge in [0.05, 0.1) is 40.5 Å². The molecular weight excluding hydrogens is 618 g/mol. The van der Waals surface area contributed by atoms with Crippen LogP contribution in [0.25, 0.3) is 16.5 Å². The van der Waals surface area contributed by atoms with Crippen LogP contribution in [0, 0.1) is 0 Å². The number of ether oxygens (including phenoxy) is 1. The maximum absolute atomic E-state index is 13.0. The van der Waals surface area contributed by atoms with E-state index < -0.39 is 23.5 Å². The summed E-state index contributed by atoms with van der Waals surface area (Å²) in [5.74, 6) is -0.0370. The van der Waals surface area contributed by atoms with Crippen molar-refractivity contribution in [2.24, 2.45) is 7.05 Å². The zero-order valence-electron chi connectivity index (χ0n) is 25.7. The van der Waals surface area contributed by atoms with Gasteiger partial charge < -0.3 is 10.1 Å². The molecule has 0 bridgehead atoms. The third kappa shape index (κ3) is 7.58. The number of benzene rings is 1. The molecule has 0 aliphatic carbocycles. The maximum atomic E-state index is 13.0. The van der Waals surface area contributed by atoms with Crippen molar-refractivity contribution in [3.8, 4) is 5.75 Å². The van der Waals surface area contributed by atoms with Gasteiger partial charge in [0.25, 0.3) is 0 Å². The molecule has 5 heterocycles. The third-order valence-electron chi connectivity index (χ3n) is 8.84. The van der Waals surface area contributed by atoms with E-state index in [0.29, 0.717) is 37.6 Å². The van der Waals surface area contributed by atoms with Crippen LogP contribution in [0.15, 0.2) is 36.7 Å². The second-order valence-corrected chi connectivity index (χ2v) is 13.4. The van der Waals surface area contributed by atoms with Gasteiger partial charge in [-0.05, 0) is 55.9 Å². The van der Waals surface area contributed by atoms with Crippen molar-refractivity contribution in [3.63, 3.8) is 0 Å². The molecule has 2 N–H and O–H groups in total. The SMILES string of the molecule is Cn1nc(C2CCC(=O)NC2=O)c2ccc(C3=CCN(CCCS(=O)N4CCC(Nc5ncc(OC(F)F)cn5)CC4)CC3)cc21. The van der Waals surface area contributed by atoms with Crippen molar-refractivity contribution in [2.45, 2.75) is 57.1 Å². The Balaban J connectivity index is 0.939. The summed E-state index contributed by atoms with van der Waals surface area (Å²) in [5.41, 5.74) is 4.12. The van der Waals surface area contributed by atoms with E-state index in [1.807, 2.05) is 22.1 Å². The van der Waals surface area contributed by atoms with E-state index in [4.69, 9.17) is 0 Å². The van der Waals surface area contributed by atoms with Crippen molar-refractivity contribution >= 4 is 45.2 Å². The summed E-state index contributed by atoms with van der Waals surface area (Å²) < 4.78 is 45.7. The maximum Gasteiger partial charge on any atom is 0.387 e. The van der Waals surface area contributed by atoms with Crippen LogP contribution in [0.2, 0.25) is 0 Å². The minimum Gasteiger partial charge on any atom is -0.432 e. The molecule has 3 aliphatic heterocycles. The van der Waals surface area contributed by atoms with E-state index in [-0.39, 0.29) is 23.6 Å². The van der Waals surface area contributed by atoms with Crippen molar-refractivity contribution in [3.05, 3.63) is 47.9 Å². The topological polar surface area (TPSA) is 135 Å². The van der Waals surface area contributed by atoms with E-state index >= 15 is 0 Å². The van der Waals surface area contributed by atoms with Crippen molar-refractivity contribution < 1.29 is 27.3 Å². The summed E-state index contributed by atoms with van der Waals surface area (Å²) in [6.07, 6.45) is 8.82. The number of imide groups is 1. The van der Waals surface area contributed by atoms with Gasteiger partial charge in [-0.15, -0.1) is 0 Å². The number of nitrogens with zero attached hydrogens (tertiary/aromatic N) is 6. The Hall–Kier alpha value is -3.82. The lowest BCUT2D eigenvalue weighted by Crippen LogP contribution is -2.41. The fourth-order valence-corrected chi connectivity index (χ4v) is 7.61. The summed E-state index contributed by atoms with van der Waals surface area (Å²) in [4.78, 5) is 34.5. The highest BCUT2D eigenvalue weighted by molar-refractivity contribution is 7.82.